The van der Waals surface area contributed by atoms with E-state index in [0.29, 0.717) is 16.9 Å². The summed E-state index contributed by atoms with van der Waals surface area (Å²) in [4.78, 5) is 12.3. The average Bonchev–Trinajstić information content (AvgIpc) is 3.21. The summed E-state index contributed by atoms with van der Waals surface area (Å²) in [5.41, 5.74) is 3.38. The molecule has 1 fully saturated rings. The van der Waals surface area contributed by atoms with Gasteiger partial charge in [0.25, 0.3) is 5.91 Å². The van der Waals surface area contributed by atoms with Crippen LogP contribution in [0, 0.1) is 13.8 Å². The Bertz CT molecular complexity index is 760. The molecule has 0 aliphatic heterocycles. The van der Waals surface area contributed by atoms with Crippen LogP contribution in [-0.2, 0) is 0 Å². The maximum Gasteiger partial charge on any atom is 0.293 e. The predicted octanol–water partition coefficient (Wildman–Crippen LogP) is 4.11. The van der Waals surface area contributed by atoms with E-state index in [1.807, 2.05) is 18.2 Å². The Balaban J connectivity index is 1.64. The number of thiocarbonyl (C=S) groups is 1. The molecule has 0 radical (unpaired) electrons. The first-order valence-electron chi connectivity index (χ1n) is 8.32. The van der Waals surface area contributed by atoms with Crippen molar-refractivity contribution in [3.63, 3.8) is 0 Å². The molecule has 4 nitrogen and oxygen atoms in total. The summed E-state index contributed by atoms with van der Waals surface area (Å²) in [6.45, 7) is 4.13. The topological polar surface area (TPSA) is 54.3 Å². The van der Waals surface area contributed by atoms with E-state index in [2.05, 4.69) is 30.5 Å². The van der Waals surface area contributed by atoms with Crippen LogP contribution in [0.3, 0.4) is 0 Å². The lowest BCUT2D eigenvalue weighted by molar-refractivity contribution is 0.0950. The Morgan fingerprint density at radius 1 is 1.12 bits per heavy atom. The van der Waals surface area contributed by atoms with Gasteiger partial charge in [0, 0.05) is 11.6 Å². The third-order valence-electron chi connectivity index (χ3n) is 4.54. The molecule has 2 aromatic rings. The quantitative estimate of drug-likeness (QED) is 0.824. The summed E-state index contributed by atoms with van der Waals surface area (Å²) in [6, 6.07) is 9.97. The van der Waals surface area contributed by atoms with Crippen LogP contribution in [0.15, 0.2) is 34.7 Å². The van der Waals surface area contributed by atoms with Crippen molar-refractivity contribution >= 4 is 23.2 Å². The van der Waals surface area contributed by atoms with Gasteiger partial charge in [-0.1, -0.05) is 25.0 Å². The van der Waals surface area contributed by atoms with E-state index in [9.17, 15) is 4.79 Å². The summed E-state index contributed by atoms with van der Waals surface area (Å²) < 4.78 is 5.70. The Morgan fingerprint density at radius 2 is 1.88 bits per heavy atom. The molecule has 0 spiro atoms. The van der Waals surface area contributed by atoms with Gasteiger partial charge in [-0.2, -0.15) is 0 Å². The second-order valence-corrected chi connectivity index (χ2v) is 6.78. The number of nitrogens with one attached hydrogen (secondary N) is 2. The van der Waals surface area contributed by atoms with Crippen LogP contribution < -0.4 is 10.6 Å². The zero-order valence-corrected chi connectivity index (χ0v) is 14.8. The summed E-state index contributed by atoms with van der Waals surface area (Å²) in [6.07, 6.45) is 4.64. The standard InChI is InChI=1S/C19H22N2O2S/c1-12-7-8-14(11-13(12)2)16-9-10-17(23-16)18(22)21-19(24)20-15-5-3-4-6-15/h7-11,15H,3-6H2,1-2H3,(H2,20,21,22,24). The molecule has 5 heteroatoms. The van der Waals surface area contributed by atoms with Crippen LogP contribution in [0.4, 0.5) is 0 Å². The van der Waals surface area contributed by atoms with Gasteiger partial charge >= 0.3 is 0 Å². The first-order chi connectivity index (χ1) is 11.5. The van der Waals surface area contributed by atoms with E-state index in [-0.39, 0.29) is 11.7 Å². The number of hydrogen-bond acceptors (Lipinski definition) is 3. The molecular formula is C19H22N2O2S. The van der Waals surface area contributed by atoms with E-state index in [1.54, 1.807) is 6.07 Å². The molecule has 1 aliphatic carbocycles. The molecule has 2 N–H and O–H groups in total. The number of furan rings is 1. The minimum absolute atomic E-state index is 0.263. The molecule has 1 saturated carbocycles. The van der Waals surface area contributed by atoms with E-state index in [1.165, 1.54) is 24.0 Å². The van der Waals surface area contributed by atoms with Crippen LogP contribution in [0.5, 0.6) is 0 Å². The van der Waals surface area contributed by atoms with Gasteiger partial charge in [-0.15, -0.1) is 0 Å². The third kappa shape index (κ3) is 3.85. The van der Waals surface area contributed by atoms with Crippen molar-refractivity contribution in [2.75, 3.05) is 0 Å². The van der Waals surface area contributed by atoms with Crippen molar-refractivity contribution in [3.8, 4) is 11.3 Å². The Kier molecular flexibility index (Phi) is 5.00. The van der Waals surface area contributed by atoms with Gasteiger partial charge in [0.05, 0.1) is 0 Å². The van der Waals surface area contributed by atoms with Crippen molar-refractivity contribution in [1.82, 2.24) is 10.6 Å². The van der Waals surface area contributed by atoms with Crippen molar-refractivity contribution < 1.29 is 9.21 Å². The molecule has 1 amide bonds. The van der Waals surface area contributed by atoms with E-state index >= 15 is 0 Å². The maximum absolute atomic E-state index is 12.3. The Hall–Kier alpha value is -2.14. The molecule has 1 aromatic heterocycles. The molecule has 1 aliphatic rings. The Labute approximate surface area is 147 Å². The van der Waals surface area contributed by atoms with Crippen LogP contribution in [0.25, 0.3) is 11.3 Å². The second kappa shape index (κ2) is 7.18. The number of carbonyl (C=O) groups excluding carboxylic acids is 1. The van der Waals surface area contributed by atoms with Crippen molar-refractivity contribution in [2.45, 2.75) is 45.6 Å². The summed E-state index contributed by atoms with van der Waals surface area (Å²) in [5, 5.41) is 6.26. The minimum Gasteiger partial charge on any atom is -0.451 e. The fourth-order valence-electron chi connectivity index (χ4n) is 2.97. The highest BCUT2D eigenvalue weighted by atomic mass is 32.1. The summed E-state index contributed by atoms with van der Waals surface area (Å²) in [7, 11) is 0. The minimum atomic E-state index is -0.319. The molecule has 3 rings (SSSR count). The van der Waals surface area contributed by atoms with E-state index in [4.69, 9.17) is 16.6 Å². The highest BCUT2D eigenvalue weighted by Gasteiger charge is 2.18. The van der Waals surface area contributed by atoms with Crippen LogP contribution in [0.1, 0.15) is 47.4 Å². The smallest absolute Gasteiger partial charge is 0.293 e. The fourth-order valence-corrected chi connectivity index (χ4v) is 3.23. The van der Waals surface area contributed by atoms with Crippen molar-refractivity contribution in [3.05, 3.63) is 47.2 Å². The first-order valence-corrected chi connectivity index (χ1v) is 8.73. The van der Waals surface area contributed by atoms with Gasteiger partial charge in [-0.05, 0) is 68.2 Å². The lowest BCUT2D eigenvalue weighted by Gasteiger charge is -2.14. The number of benzene rings is 1. The van der Waals surface area contributed by atoms with Gasteiger partial charge in [0.1, 0.15) is 5.76 Å². The molecule has 1 heterocycles. The maximum atomic E-state index is 12.3. The van der Waals surface area contributed by atoms with Crippen molar-refractivity contribution in [2.24, 2.45) is 0 Å². The molecule has 0 atom stereocenters. The monoisotopic (exact) mass is 342 g/mol. The van der Waals surface area contributed by atoms with Gasteiger partial charge < -0.3 is 9.73 Å². The molecule has 126 valence electrons. The van der Waals surface area contributed by atoms with Crippen LogP contribution >= 0.6 is 12.2 Å². The molecule has 0 unspecified atom stereocenters. The molecule has 0 bridgehead atoms. The number of rotatable bonds is 3. The molecular weight excluding hydrogens is 320 g/mol. The molecule has 1 aromatic carbocycles. The van der Waals surface area contributed by atoms with Gasteiger partial charge in [0.2, 0.25) is 0 Å². The largest absolute Gasteiger partial charge is 0.451 e. The molecule has 24 heavy (non-hydrogen) atoms. The Morgan fingerprint density at radius 3 is 2.58 bits per heavy atom. The number of hydrogen-bond donors (Lipinski definition) is 2. The number of carbonyl (C=O) groups is 1. The zero-order valence-electron chi connectivity index (χ0n) is 14.0. The number of aryl methyl sites for hydroxylation is 2. The second-order valence-electron chi connectivity index (χ2n) is 6.37. The first kappa shape index (κ1) is 16.7. The predicted molar refractivity (Wildman–Crippen MR) is 99.1 cm³/mol. The highest BCUT2D eigenvalue weighted by Crippen LogP contribution is 2.24. The molecule has 0 saturated heterocycles. The van der Waals surface area contributed by atoms with Crippen molar-refractivity contribution in [1.29, 1.82) is 0 Å². The third-order valence-corrected chi connectivity index (χ3v) is 4.76. The normalized spacial score (nSPS) is 14.6. The highest BCUT2D eigenvalue weighted by molar-refractivity contribution is 7.80. The van der Waals surface area contributed by atoms with Gasteiger partial charge in [-0.3, -0.25) is 10.1 Å². The van der Waals surface area contributed by atoms with Gasteiger partial charge in [0.15, 0.2) is 10.9 Å². The van der Waals surface area contributed by atoms with Gasteiger partial charge in [-0.25, -0.2) is 0 Å². The summed E-state index contributed by atoms with van der Waals surface area (Å²) >= 11 is 5.21. The lowest BCUT2D eigenvalue weighted by Crippen LogP contribution is -2.43. The number of amides is 1. The SMILES string of the molecule is Cc1ccc(-c2ccc(C(=O)NC(=S)NC3CCCC3)o2)cc1C. The van der Waals surface area contributed by atoms with Crippen LogP contribution in [0.2, 0.25) is 0 Å². The fraction of sp³-hybridized carbons (Fsp3) is 0.368. The summed E-state index contributed by atoms with van der Waals surface area (Å²) in [5.74, 6) is 0.623. The lowest BCUT2D eigenvalue weighted by atomic mass is 10.1. The average molecular weight is 342 g/mol. The zero-order chi connectivity index (χ0) is 17.1. The van der Waals surface area contributed by atoms with E-state index < -0.39 is 0 Å². The van der Waals surface area contributed by atoms with E-state index in [0.717, 1.165) is 18.4 Å². The van der Waals surface area contributed by atoms with Crippen LogP contribution in [-0.4, -0.2) is 17.1 Å².